The lowest BCUT2D eigenvalue weighted by molar-refractivity contribution is -0.0592. The van der Waals surface area contributed by atoms with Crippen LogP contribution < -0.4 is 22.1 Å². The molecule has 1 amide bonds. The number of H-pyrrole nitrogens is 1. The maximum Gasteiger partial charge on any atom is 0.438 e. The number of nitrogens with zero attached hydrogens (tertiary/aromatic N) is 7. The third kappa shape index (κ3) is 7.16. The fourth-order valence-corrected chi connectivity index (χ4v) is 13.3. The molecule has 1 saturated heterocycles. The number of ether oxygens (including phenoxy) is 1. The second-order valence-electron chi connectivity index (χ2n) is 19.7. The number of nitrogens with one attached hydrogen (secondary N) is 2. The standard InChI is InChI=1S/C51H59FN9O6P/c1-10-68(65,11-2)41-15-13-37(26-38(41)53-9)58-17-18-59(49(58)64)45-43(36-22-29(3)42(52)30(4)23-36)55-60-20-19-57(32(6)44(45)60)46(62)40-25-35-24-33(34-16-21-66-50(7,8)28-34)12-14-39(35)61(40)51(27-31(51)5)47-54-48(63)67-56-47/h12-15,17-18,22-26,31-32,34,53H,10-11,16,19-21,27-28H2,1-9H3,(H,54,56,63)/t31-,32?,34?,51-/m0/s1. The number of hydrogen-bond acceptors (Lipinski definition) is 9. The van der Waals surface area contributed by atoms with Crippen molar-refractivity contribution in [3.8, 4) is 22.6 Å². The zero-order valence-electron chi connectivity index (χ0n) is 40.1. The molecular formula is C51H59FN9O6P. The van der Waals surface area contributed by atoms with Gasteiger partial charge in [-0.25, -0.2) is 14.0 Å². The summed E-state index contributed by atoms with van der Waals surface area (Å²) in [5.41, 5.74) is 5.35. The van der Waals surface area contributed by atoms with E-state index in [0.29, 0.717) is 95.1 Å². The van der Waals surface area contributed by atoms with Gasteiger partial charge in [0.05, 0.1) is 29.6 Å². The first-order valence-corrected chi connectivity index (χ1v) is 25.8. The zero-order chi connectivity index (χ0) is 48.2. The SMILES string of the molecule is CCP(=O)(CC)c1ccc(-n2ccn(-c3c(-c4cc(C)c(F)c(C)c4)nn4c3C(C)N(C(=O)c3cc5cc(C6CCOC(C)(C)C6)ccc5n3[C@@]3(c5noc(=O)[nH]5)C[C@@H]3C)CC4)c2=O)cc1NC. The second kappa shape index (κ2) is 16.5. The molecule has 1 saturated carbocycles. The number of benzene rings is 3. The Hall–Kier alpha value is -6.25. The number of aryl methyl sites for hydroxylation is 2. The number of halogens is 1. The number of anilines is 1. The van der Waals surface area contributed by atoms with E-state index in [9.17, 15) is 14.2 Å². The van der Waals surface area contributed by atoms with Crippen LogP contribution in [0.4, 0.5) is 10.1 Å². The summed E-state index contributed by atoms with van der Waals surface area (Å²) in [7, 11) is -0.874. The van der Waals surface area contributed by atoms with Crippen LogP contribution >= 0.6 is 7.14 Å². The minimum Gasteiger partial charge on any atom is -0.387 e. The van der Waals surface area contributed by atoms with Crippen molar-refractivity contribution >= 4 is 34.9 Å². The van der Waals surface area contributed by atoms with Gasteiger partial charge in [-0.2, -0.15) is 5.10 Å². The van der Waals surface area contributed by atoms with Gasteiger partial charge in [0.15, 0.2) is 5.82 Å². The van der Waals surface area contributed by atoms with Crippen LogP contribution in [0, 0.1) is 25.6 Å². The second-order valence-corrected chi connectivity index (χ2v) is 23.2. The fraction of sp³-hybridized carbons (Fsp3) is 0.431. The van der Waals surface area contributed by atoms with Gasteiger partial charge >= 0.3 is 11.4 Å². The van der Waals surface area contributed by atoms with Gasteiger partial charge in [0.2, 0.25) is 0 Å². The number of aromatic nitrogens is 7. The molecule has 17 heteroatoms. The smallest absolute Gasteiger partial charge is 0.387 e. The highest BCUT2D eigenvalue weighted by Gasteiger charge is 2.59. The maximum absolute atomic E-state index is 15.6. The van der Waals surface area contributed by atoms with E-state index in [-0.39, 0.29) is 34.9 Å². The fourth-order valence-electron chi connectivity index (χ4n) is 11.2. The van der Waals surface area contributed by atoms with Gasteiger partial charge in [-0.3, -0.25) is 28.1 Å². The Kier molecular flexibility index (Phi) is 11.0. The van der Waals surface area contributed by atoms with Crippen molar-refractivity contribution in [2.45, 2.75) is 104 Å². The van der Waals surface area contributed by atoms with Gasteiger partial charge in [-0.15, -0.1) is 0 Å². The van der Waals surface area contributed by atoms with Crippen LogP contribution in [0.3, 0.4) is 0 Å². The molecule has 15 nitrogen and oxygen atoms in total. The first-order chi connectivity index (χ1) is 32.4. The topological polar surface area (TPSA) is 167 Å². The summed E-state index contributed by atoms with van der Waals surface area (Å²) in [6.45, 7) is 16.8. The predicted molar refractivity (Wildman–Crippen MR) is 261 cm³/mol. The Morgan fingerprint density at radius 1 is 0.971 bits per heavy atom. The molecule has 1 aliphatic carbocycles. The minimum absolute atomic E-state index is 0.0115. The summed E-state index contributed by atoms with van der Waals surface area (Å²) in [6, 6.07) is 16.8. The number of carbonyl (C=O) groups excluding carboxylic acids is 1. The Bertz CT molecular complexity index is 3300. The molecule has 4 atom stereocenters. The highest BCUT2D eigenvalue weighted by molar-refractivity contribution is 7.71. The molecule has 356 valence electrons. The highest BCUT2D eigenvalue weighted by Crippen LogP contribution is 2.56. The lowest BCUT2D eigenvalue weighted by Crippen LogP contribution is -2.43. The third-order valence-electron chi connectivity index (χ3n) is 15.1. The Balaban J connectivity index is 1.11. The number of amides is 1. The largest absolute Gasteiger partial charge is 0.438 e. The molecule has 2 N–H and O–H groups in total. The number of aromatic amines is 1. The van der Waals surface area contributed by atoms with E-state index in [1.165, 1.54) is 10.1 Å². The van der Waals surface area contributed by atoms with Crippen LogP contribution in [0.15, 0.2) is 81.1 Å². The van der Waals surface area contributed by atoms with Gasteiger partial charge in [-0.1, -0.05) is 32.0 Å². The molecule has 2 aliphatic heterocycles. The molecule has 4 aromatic heterocycles. The highest BCUT2D eigenvalue weighted by atomic mass is 31.2. The van der Waals surface area contributed by atoms with Crippen LogP contribution in [-0.2, 0) is 21.4 Å². The van der Waals surface area contributed by atoms with Crippen molar-refractivity contribution in [3.05, 3.63) is 128 Å². The van der Waals surface area contributed by atoms with Gasteiger partial charge in [0.25, 0.3) is 5.91 Å². The summed E-state index contributed by atoms with van der Waals surface area (Å²) in [5, 5.41) is 14.2. The molecule has 10 rings (SSSR count). The van der Waals surface area contributed by atoms with Crippen molar-refractivity contribution < 1.29 is 23.0 Å². The molecule has 3 aliphatic rings. The first-order valence-electron chi connectivity index (χ1n) is 23.7. The summed E-state index contributed by atoms with van der Waals surface area (Å²) >= 11 is 0. The van der Waals surface area contributed by atoms with Crippen molar-refractivity contribution in [2.75, 3.05) is 37.8 Å². The van der Waals surface area contributed by atoms with Crippen molar-refractivity contribution in [1.82, 2.24) is 38.5 Å². The van der Waals surface area contributed by atoms with Crippen LogP contribution in [0.5, 0.6) is 0 Å². The van der Waals surface area contributed by atoms with Gasteiger partial charge in [-0.05, 0) is 131 Å². The summed E-state index contributed by atoms with van der Waals surface area (Å²) < 4.78 is 47.2. The van der Waals surface area contributed by atoms with Crippen molar-refractivity contribution in [2.24, 2.45) is 5.92 Å². The van der Waals surface area contributed by atoms with Crippen LogP contribution in [0.1, 0.15) is 111 Å². The van der Waals surface area contributed by atoms with E-state index < -0.39 is 24.5 Å². The summed E-state index contributed by atoms with van der Waals surface area (Å²) in [4.78, 5) is 47.6. The Morgan fingerprint density at radius 2 is 1.69 bits per heavy atom. The van der Waals surface area contributed by atoms with Crippen LogP contribution in [0.2, 0.25) is 0 Å². The van der Waals surface area contributed by atoms with Gasteiger partial charge in [0.1, 0.15) is 35.6 Å². The molecule has 68 heavy (non-hydrogen) atoms. The van der Waals surface area contributed by atoms with Gasteiger partial charge < -0.3 is 24.1 Å². The number of fused-ring (bicyclic) bond motifs is 2. The molecule has 2 fully saturated rings. The Morgan fingerprint density at radius 3 is 2.34 bits per heavy atom. The number of rotatable bonds is 11. The monoisotopic (exact) mass is 943 g/mol. The van der Waals surface area contributed by atoms with E-state index in [0.717, 1.165) is 29.0 Å². The average Bonchev–Trinajstić information content (AvgIpc) is 3.82. The quantitative estimate of drug-likeness (QED) is 0.121. The lowest BCUT2D eigenvalue weighted by Gasteiger charge is -2.35. The maximum atomic E-state index is 15.6. The van der Waals surface area contributed by atoms with Gasteiger partial charge in [0, 0.05) is 72.4 Å². The number of imidazole rings is 1. The van der Waals surface area contributed by atoms with Crippen LogP contribution in [0.25, 0.3) is 33.5 Å². The van der Waals surface area contributed by atoms with E-state index in [1.54, 1.807) is 50.0 Å². The number of carbonyl (C=O) groups is 1. The summed E-state index contributed by atoms with van der Waals surface area (Å²) in [6.07, 6.45) is 6.80. The normalized spacial score (nSPS) is 21.3. The molecule has 0 bridgehead atoms. The molecule has 6 heterocycles. The predicted octanol–water partition coefficient (Wildman–Crippen LogP) is 8.62. The van der Waals surface area contributed by atoms with E-state index in [2.05, 4.69) is 54.4 Å². The Labute approximate surface area is 393 Å². The zero-order valence-corrected chi connectivity index (χ0v) is 41.0. The molecule has 7 aromatic rings. The molecular weight excluding hydrogens is 885 g/mol. The van der Waals surface area contributed by atoms with E-state index >= 15 is 9.18 Å². The van der Waals surface area contributed by atoms with E-state index in [4.69, 9.17) is 14.4 Å². The lowest BCUT2D eigenvalue weighted by atomic mass is 9.83. The molecule has 3 aromatic carbocycles. The van der Waals surface area contributed by atoms with E-state index in [1.807, 2.05) is 59.2 Å². The number of hydrogen-bond donors (Lipinski definition) is 2. The van der Waals surface area contributed by atoms with Crippen LogP contribution in [-0.4, -0.2) is 82.6 Å². The average molecular weight is 944 g/mol. The van der Waals surface area contributed by atoms with Crippen molar-refractivity contribution in [1.29, 1.82) is 0 Å². The minimum atomic E-state index is -2.66. The molecule has 0 spiro atoms. The summed E-state index contributed by atoms with van der Waals surface area (Å²) in [5.74, 6) is -0.563. The third-order valence-corrected chi connectivity index (χ3v) is 18.4. The van der Waals surface area contributed by atoms with Crippen molar-refractivity contribution in [3.63, 3.8) is 0 Å². The molecule has 2 unspecified atom stereocenters. The first kappa shape index (κ1) is 45.5. The molecule has 0 radical (unpaired) electrons.